The minimum Gasteiger partial charge on any atom is -0.502 e. The number of halogens is 1. The first-order chi connectivity index (χ1) is 14.6. The van der Waals surface area contributed by atoms with Crippen molar-refractivity contribution < 1.29 is 28.8 Å². The Bertz CT molecular complexity index is 889. The van der Waals surface area contributed by atoms with Crippen molar-refractivity contribution in [2.75, 3.05) is 13.2 Å². The highest BCUT2D eigenvalue weighted by Gasteiger charge is 2.24. The Morgan fingerprint density at radius 2 is 1.30 bits per heavy atom. The lowest BCUT2D eigenvalue weighted by Crippen LogP contribution is -2.39. The van der Waals surface area contributed by atoms with Crippen LogP contribution in [0.1, 0.15) is 11.1 Å². The van der Waals surface area contributed by atoms with Gasteiger partial charge in [-0.05, 0) is 23.3 Å². The number of aliphatic hydroxyl groups is 1. The molecule has 30 heavy (non-hydrogen) atoms. The van der Waals surface area contributed by atoms with Crippen LogP contribution >= 0.6 is 0 Å². The first kappa shape index (κ1) is 21.8. The molecule has 6 heteroatoms. The van der Waals surface area contributed by atoms with E-state index in [2.05, 4.69) is 0 Å². The van der Waals surface area contributed by atoms with Gasteiger partial charge in [-0.2, -0.15) is 0 Å². The van der Waals surface area contributed by atoms with Crippen molar-refractivity contribution in [2.45, 2.75) is 25.4 Å². The maximum atomic E-state index is 13.6. The van der Waals surface area contributed by atoms with Gasteiger partial charge < -0.3 is 24.4 Å². The summed E-state index contributed by atoms with van der Waals surface area (Å²) in [5, 5.41) is 20.5. The summed E-state index contributed by atoms with van der Waals surface area (Å²) in [5.41, 5.74) is 1.95. The zero-order chi connectivity index (χ0) is 21.2. The zero-order valence-electron chi connectivity index (χ0n) is 16.5. The summed E-state index contributed by atoms with van der Waals surface area (Å²) in [6, 6.07) is 23.1. The summed E-state index contributed by atoms with van der Waals surface area (Å²) in [7, 11) is 0. The van der Waals surface area contributed by atoms with Crippen LogP contribution in [0.25, 0.3) is 0 Å². The maximum Gasteiger partial charge on any atom is 0.194 e. The quantitative estimate of drug-likeness (QED) is 0.497. The lowest BCUT2D eigenvalue weighted by Gasteiger charge is -2.24. The molecule has 5 nitrogen and oxygen atoms in total. The van der Waals surface area contributed by atoms with Crippen molar-refractivity contribution in [3.63, 3.8) is 0 Å². The number of aliphatic hydroxyl groups excluding tert-OH is 1. The Hall–Kier alpha value is -2.93. The van der Waals surface area contributed by atoms with E-state index in [0.717, 1.165) is 17.2 Å². The van der Waals surface area contributed by atoms with Gasteiger partial charge in [-0.1, -0.05) is 66.7 Å². The van der Waals surface area contributed by atoms with E-state index in [9.17, 15) is 14.6 Å². The van der Waals surface area contributed by atoms with Crippen molar-refractivity contribution in [2.24, 2.45) is 0 Å². The molecule has 0 amide bonds. The van der Waals surface area contributed by atoms with Crippen LogP contribution in [0.2, 0.25) is 0 Å². The van der Waals surface area contributed by atoms with Gasteiger partial charge in [-0.25, -0.2) is 4.39 Å². The SMILES string of the molecule is Oc1c(F)cccc1O[C@H](COCc1ccccc1)[C@@H](O)COCc1ccccc1. The molecular weight excluding hydrogens is 387 g/mol. The van der Waals surface area contributed by atoms with E-state index in [0.29, 0.717) is 13.2 Å². The number of ether oxygens (including phenoxy) is 3. The first-order valence-corrected chi connectivity index (χ1v) is 9.69. The fourth-order valence-corrected chi connectivity index (χ4v) is 2.82. The van der Waals surface area contributed by atoms with Crippen LogP contribution in [0.15, 0.2) is 78.9 Å². The second-order valence-corrected chi connectivity index (χ2v) is 6.81. The van der Waals surface area contributed by atoms with Gasteiger partial charge in [0, 0.05) is 0 Å². The maximum absolute atomic E-state index is 13.6. The number of rotatable bonds is 11. The van der Waals surface area contributed by atoms with Crippen molar-refractivity contribution in [3.8, 4) is 11.5 Å². The number of aromatic hydroxyl groups is 1. The van der Waals surface area contributed by atoms with Crippen LogP contribution in [-0.2, 0) is 22.7 Å². The largest absolute Gasteiger partial charge is 0.502 e. The van der Waals surface area contributed by atoms with Gasteiger partial charge >= 0.3 is 0 Å². The number of hydrogen-bond donors (Lipinski definition) is 2. The minimum atomic E-state index is -1.05. The van der Waals surface area contributed by atoms with E-state index in [1.165, 1.54) is 12.1 Å². The first-order valence-electron chi connectivity index (χ1n) is 9.69. The molecule has 0 aromatic heterocycles. The van der Waals surface area contributed by atoms with Gasteiger partial charge in [-0.15, -0.1) is 0 Å². The van der Waals surface area contributed by atoms with Crippen LogP contribution in [0, 0.1) is 5.82 Å². The van der Waals surface area contributed by atoms with Gasteiger partial charge in [0.25, 0.3) is 0 Å². The fourth-order valence-electron chi connectivity index (χ4n) is 2.82. The third-order valence-electron chi connectivity index (χ3n) is 4.45. The molecule has 0 saturated carbocycles. The molecule has 0 radical (unpaired) electrons. The van der Waals surface area contributed by atoms with Gasteiger partial charge in [-0.3, -0.25) is 0 Å². The van der Waals surface area contributed by atoms with Crippen molar-refractivity contribution in [3.05, 3.63) is 95.8 Å². The van der Waals surface area contributed by atoms with Crippen molar-refractivity contribution in [1.82, 2.24) is 0 Å². The lowest BCUT2D eigenvalue weighted by atomic mass is 10.2. The molecule has 0 aliphatic carbocycles. The highest BCUT2D eigenvalue weighted by atomic mass is 19.1. The van der Waals surface area contributed by atoms with Crippen molar-refractivity contribution in [1.29, 1.82) is 0 Å². The summed E-state index contributed by atoms with van der Waals surface area (Å²) in [4.78, 5) is 0. The normalized spacial score (nSPS) is 13.0. The highest BCUT2D eigenvalue weighted by molar-refractivity contribution is 5.39. The molecule has 158 valence electrons. The molecular formula is C24H25FO5. The average molecular weight is 412 g/mol. The summed E-state index contributed by atoms with van der Waals surface area (Å²) in [6.07, 6.45) is -1.91. The number of phenolic OH excluding ortho intramolecular Hbond substituents is 1. The van der Waals surface area contributed by atoms with Crippen LogP contribution in [0.5, 0.6) is 11.5 Å². The Morgan fingerprint density at radius 1 is 0.733 bits per heavy atom. The lowest BCUT2D eigenvalue weighted by molar-refractivity contribution is -0.0658. The topological polar surface area (TPSA) is 68.2 Å². The smallest absolute Gasteiger partial charge is 0.194 e. The van der Waals surface area contributed by atoms with Gasteiger partial charge in [0.1, 0.15) is 6.10 Å². The van der Waals surface area contributed by atoms with Crippen molar-refractivity contribution >= 4 is 0 Å². The number of benzene rings is 3. The third kappa shape index (κ3) is 6.56. The van der Waals surface area contributed by atoms with E-state index in [-0.39, 0.29) is 19.0 Å². The standard InChI is InChI=1S/C24H25FO5/c25-20-12-7-13-22(24(20)27)30-23(17-29-15-19-10-5-2-6-11-19)21(26)16-28-14-18-8-3-1-4-9-18/h1-13,21,23,26-27H,14-17H2/t21-,23+/m0/s1. The van der Waals surface area contributed by atoms with Crippen LogP contribution in [0.4, 0.5) is 4.39 Å². The van der Waals surface area contributed by atoms with Gasteiger partial charge in [0.15, 0.2) is 23.4 Å². The third-order valence-corrected chi connectivity index (χ3v) is 4.45. The van der Waals surface area contributed by atoms with E-state index in [4.69, 9.17) is 14.2 Å². The van der Waals surface area contributed by atoms with Gasteiger partial charge in [0.05, 0.1) is 26.4 Å². The molecule has 0 saturated heterocycles. The molecule has 0 aliphatic heterocycles. The van der Waals surface area contributed by atoms with E-state index in [1.54, 1.807) is 0 Å². The summed E-state index contributed by atoms with van der Waals surface area (Å²) in [6.45, 7) is 0.680. The minimum absolute atomic E-state index is 0.00959. The Labute approximate surface area is 175 Å². The fraction of sp³-hybridized carbons (Fsp3) is 0.250. The Kier molecular flexibility index (Phi) is 8.20. The average Bonchev–Trinajstić information content (AvgIpc) is 2.77. The number of phenols is 1. The highest BCUT2D eigenvalue weighted by Crippen LogP contribution is 2.29. The van der Waals surface area contributed by atoms with Crippen LogP contribution in [0.3, 0.4) is 0 Å². The molecule has 2 N–H and O–H groups in total. The molecule has 2 atom stereocenters. The van der Waals surface area contributed by atoms with Crippen LogP contribution in [-0.4, -0.2) is 35.6 Å². The predicted molar refractivity (Wildman–Crippen MR) is 111 cm³/mol. The monoisotopic (exact) mass is 412 g/mol. The molecule has 0 aliphatic rings. The number of hydrogen-bond acceptors (Lipinski definition) is 5. The number of para-hydroxylation sites is 1. The summed E-state index contributed by atoms with van der Waals surface area (Å²) in [5.74, 6) is -1.47. The molecule has 0 bridgehead atoms. The summed E-state index contributed by atoms with van der Waals surface area (Å²) < 4.78 is 30.6. The van der Waals surface area contributed by atoms with E-state index in [1.807, 2.05) is 60.7 Å². The predicted octanol–water partition coefficient (Wildman–Crippen LogP) is 4.07. The van der Waals surface area contributed by atoms with Gasteiger partial charge in [0.2, 0.25) is 0 Å². The molecule has 0 fully saturated rings. The second kappa shape index (κ2) is 11.3. The molecule has 0 unspecified atom stereocenters. The molecule has 0 heterocycles. The van der Waals surface area contributed by atoms with Crippen LogP contribution < -0.4 is 4.74 Å². The van der Waals surface area contributed by atoms with E-state index < -0.39 is 23.8 Å². The second-order valence-electron chi connectivity index (χ2n) is 6.81. The molecule has 3 rings (SSSR count). The molecule has 0 spiro atoms. The Morgan fingerprint density at radius 3 is 1.90 bits per heavy atom. The van der Waals surface area contributed by atoms with E-state index >= 15 is 0 Å². The Balaban J connectivity index is 1.60. The molecule has 3 aromatic rings. The molecule has 3 aromatic carbocycles. The zero-order valence-corrected chi connectivity index (χ0v) is 16.5. The summed E-state index contributed by atoms with van der Waals surface area (Å²) >= 11 is 0.